The number of carbonyl (C=O) groups excluding carboxylic acids is 1. The molecule has 120 valence electrons. The number of carbonyl (C=O) groups is 1. The summed E-state index contributed by atoms with van der Waals surface area (Å²) in [6.45, 7) is 1.16. The molecule has 9 heteroatoms. The Morgan fingerprint density at radius 2 is 2.36 bits per heavy atom. The van der Waals surface area contributed by atoms with E-state index in [0.717, 1.165) is 0 Å². The van der Waals surface area contributed by atoms with Crippen molar-refractivity contribution in [3.8, 4) is 0 Å². The number of nitrogens with one attached hydrogen (secondary N) is 1. The predicted octanol–water partition coefficient (Wildman–Crippen LogP) is 0.114. The highest BCUT2D eigenvalue weighted by Gasteiger charge is 2.36. The average molecular weight is 375 g/mol. The van der Waals surface area contributed by atoms with Gasteiger partial charge in [0, 0.05) is 19.5 Å². The molecule has 1 aliphatic rings. The first-order chi connectivity index (χ1) is 10.4. The lowest BCUT2D eigenvalue weighted by molar-refractivity contribution is -0.147. The number of halogens is 1. The maximum absolute atomic E-state index is 11.9. The van der Waals surface area contributed by atoms with Crippen LogP contribution >= 0.6 is 15.9 Å². The maximum atomic E-state index is 11.9. The molecule has 0 spiro atoms. The molecule has 0 aromatic carbocycles. The Labute approximate surface area is 133 Å². The molecule has 0 saturated carbocycles. The fourth-order valence-electron chi connectivity index (χ4n) is 2.14. The van der Waals surface area contributed by atoms with E-state index in [0.29, 0.717) is 0 Å². The highest BCUT2D eigenvalue weighted by Crippen LogP contribution is 2.27. The van der Waals surface area contributed by atoms with E-state index >= 15 is 0 Å². The first kappa shape index (κ1) is 16.7. The molecule has 3 atom stereocenters. The van der Waals surface area contributed by atoms with E-state index in [-0.39, 0.29) is 18.6 Å². The van der Waals surface area contributed by atoms with Crippen molar-refractivity contribution in [2.45, 2.75) is 31.8 Å². The smallest absolute Gasteiger partial charge is 0.330 e. The molecule has 1 aromatic heterocycles. The topological polar surface area (TPSA) is 111 Å². The molecule has 0 unspecified atom stereocenters. The molecule has 0 bridgehead atoms. The molecule has 22 heavy (non-hydrogen) atoms. The standard InChI is InChI=1S/C13H15BrN2O6/c1-7(17)21-6-10-9(18)4-11(22-10)16-5-8(2-3-14)12(19)15-13(16)20/h2-3,5,9-11,18H,4,6H2,1H3,(H,15,19,20)/b3-2+/t9-,10+,11+/m0/s1. The zero-order valence-corrected chi connectivity index (χ0v) is 13.3. The number of nitrogens with zero attached hydrogens (tertiary/aromatic N) is 1. The van der Waals surface area contributed by atoms with E-state index in [1.165, 1.54) is 28.7 Å². The molecule has 0 amide bonds. The summed E-state index contributed by atoms with van der Waals surface area (Å²) in [5, 5.41) is 9.93. The second kappa shape index (κ2) is 7.03. The summed E-state index contributed by atoms with van der Waals surface area (Å²) >= 11 is 3.06. The van der Waals surface area contributed by atoms with Gasteiger partial charge in [0.1, 0.15) is 18.9 Å². The number of aromatic nitrogens is 2. The molecule has 8 nitrogen and oxygen atoms in total. The van der Waals surface area contributed by atoms with Crippen molar-refractivity contribution in [3.63, 3.8) is 0 Å². The van der Waals surface area contributed by atoms with Gasteiger partial charge in [-0.1, -0.05) is 15.9 Å². The van der Waals surface area contributed by atoms with Crippen LogP contribution in [0.3, 0.4) is 0 Å². The van der Waals surface area contributed by atoms with E-state index < -0.39 is 35.7 Å². The Morgan fingerprint density at radius 1 is 1.64 bits per heavy atom. The zero-order valence-electron chi connectivity index (χ0n) is 11.7. The fraction of sp³-hybridized carbons (Fsp3) is 0.462. The molecule has 1 saturated heterocycles. The van der Waals surface area contributed by atoms with Gasteiger partial charge < -0.3 is 14.6 Å². The van der Waals surface area contributed by atoms with Crippen LogP contribution in [0, 0.1) is 0 Å². The van der Waals surface area contributed by atoms with E-state index in [4.69, 9.17) is 9.47 Å². The summed E-state index contributed by atoms with van der Waals surface area (Å²) in [6, 6.07) is 0. The summed E-state index contributed by atoms with van der Waals surface area (Å²) in [5.74, 6) is -0.481. The molecular formula is C13H15BrN2O6. The van der Waals surface area contributed by atoms with Crippen LogP contribution in [0.25, 0.3) is 6.08 Å². The minimum absolute atomic E-state index is 0.0980. The van der Waals surface area contributed by atoms with Crippen LogP contribution in [0.2, 0.25) is 0 Å². The lowest BCUT2D eigenvalue weighted by Crippen LogP contribution is -2.33. The second-order valence-corrected chi connectivity index (χ2v) is 5.31. The van der Waals surface area contributed by atoms with Crippen LogP contribution in [0.15, 0.2) is 20.8 Å². The van der Waals surface area contributed by atoms with Crippen molar-refractivity contribution in [2.75, 3.05) is 6.61 Å². The molecule has 2 heterocycles. The summed E-state index contributed by atoms with van der Waals surface area (Å²) in [7, 11) is 0. The van der Waals surface area contributed by atoms with Gasteiger partial charge >= 0.3 is 11.7 Å². The Morgan fingerprint density at radius 3 is 3.00 bits per heavy atom. The van der Waals surface area contributed by atoms with Gasteiger partial charge in [0.25, 0.3) is 5.56 Å². The van der Waals surface area contributed by atoms with Gasteiger partial charge in [0.05, 0.1) is 11.7 Å². The molecule has 1 fully saturated rings. The number of hydrogen-bond donors (Lipinski definition) is 2. The number of hydrogen-bond acceptors (Lipinski definition) is 6. The third-order valence-corrected chi connectivity index (χ3v) is 3.47. The first-order valence-electron chi connectivity index (χ1n) is 6.51. The summed E-state index contributed by atoms with van der Waals surface area (Å²) in [5.41, 5.74) is -0.896. The molecule has 2 rings (SSSR count). The molecule has 0 aliphatic carbocycles. The average Bonchev–Trinajstić information content (AvgIpc) is 2.80. The third-order valence-electron chi connectivity index (χ3n) is 3.20. The summed E-state index contributed by atoms with van der Waals surface area (Å²) in [4.78, 5) is 38.0. The minimum Gasteiger partial charge on any atom is -0.463 e. The highest BCUT2D eigenvalue weighted by atomic mass is 79.9. The van der Waals surface area contributed by atoms with Crippen molar-refractivity contribution in [1.29, 1.82) is 0 Å². The quantitative estimate of drug-likeness (QED) is 0.723. The Kier molecular flexibility index (Phi) is 5.33. The van der Waals surface area contributed by atoms with Crippen LogP contribution in [-0.2, 0) is 14.3 Å². The van der Waals surface area contributed by atoms with Gasteiger partial charge in [0.15, 0.2) is 0 Å². The minimum atomic E-state index is -0.877. The molecule has 1 aromatic rings. The van der Waals surface area contributed by atoms with Gasteiger partial charge in [-0.3, -0.25) is 19.1 Å². The molecule has 2 N–H and O–H groups in total. The van der Waals surface area contributed by atoms with Crippen molar-refractivity contribution < 1.29 is 19.4 Å². The third kappa shape index (κ3) is 3.73. The zero-order chi connectivity index (χ0) is 16.3. The van der Waals surface area contributed by atoms with Crippen molar-refractivity contribution in [3.05, 3.63) is 37.6 Å². The van der Waals surface area contributed by atoms with Crippen LogP contribution in [-0.4, -0.2) is 39.4 Å². The number of aromatic amines is 1. The van der Waals surface area contributed by atoms with Crippen molar-refractivity contribution >= 4 is 28.0 Å². The van der Waals surface area contributed by atoms with Crippen LogP contribution in [0.5, 0.6) is 0 Å². The Bertz CT molecular complexity index is 695. The van der Waals surface area contributed by atoms with Crippen molar-refractivity contribution in [1.82, 2.24) is 9.55 Å². The van der Waals surface area contributed by atoms with Gasteiger partial charge in [-0.15, -0.1) is 0 Å². The second-order valence-electron chi connectivity index (χ2n) is 4.78. The first-order valence-corrected chi connectivity index (χ1v) is 7.43. The van der Waals surface area contributed by atoms with Crippen LogP contribution < -0.4 is 11.2 Å². The van der Waals surface area contributed by atoms with E-state index in [9.17, 15) is 19.5 Å². The van der Waals surface area contributed by atoms with Gasteiger partial charge in [-0.2, -0.15) is 0 Å². The monoisotopic (exact) mass is 374 g/mol. The maximum Gasteiger partial charge on any atom is 0.330 e. The van der Waals surface area contributed by atoms with E-state index in [2.05, 4.69) is 20.9 Å². The number of rotatable bonds is 4. The Hall–Kier alpha value is -1.71. The fourth-order valence-corrected chi connectivity index (χ4v) is 2.42. The van der Waals surface area contributed by atoms with Crippen molar-refractivity contribution in [2.24, 2.45) is 0 Å². The lowest BCUT2D eigenvalue weighted by Gasteiger charge is -2.16. The molecular weight excluding hydrogens is 360 g/mol. The van der Waals surface area contributed by atoms with Crippen LogP contribution in [0.1, 0.15) is 25.1 Å². The highest BCUT2D eigenvalue weighted by molar-refractivity contribution is 9.11. The molecule has 0 radical (unpaired) electrons. The number of H-pyrrole nitrogens is 1. The predicted molar refractivity (Wildman–Crippen MR) is 80.5 cm³/mol. The normalized spacial score (nSPS) is 24.8. The summed E-state index contributed by atoms with van der Waals surface area (Å²) in [6.07, 6.45) is 0.639. The number of aliphatic hydroxyl groups excluding tert-OH is 1. The Balaban J connectivity index is 2.22. The number of esters is 1. The number of ether oxygens (including phenoxy) is 2. The SMILES string of the molecule is CC(=O)OC[C@H]1O[C@@H](n2cc(/C=C/Br)c(=O)[nH]c2=O)C[C@@H]1O. The van der Waals surface area contributed by atoms with Gasteiger partial charge in [0.2, 0.25) is 0 Å². The number of aliphatic hydroxyl groups is 1. The van der Waals surface area contributed by atoms with Gasteiger partial charge in [-0.25, -0.2) is 4.79 Å². The lowest BCUT2D eigenvalue weighted by atomic mass is 10.2. The van der Waals surface area contributed by atoms with E-state index in [1.54, 1.807) is 0 Å². The van der Waals surface area contributed by atoms with E-state index in [1.807, 2.05) is 0 Å². The van der Waals surface area contributed by atoms with Gasteiger partial charge in [-0.05, 0) is 11.1 Å². The molecule has 1 aliphatic heterocycles. The van der Waals surface area contributed by atoms with Crippen LogP contribution in [0.4, 0.5) is 0 Å². The largest absolute Gasteiger partial charge is 0.463 e. The summed E-state index contributed by atoms with van der Waals surface area (Å²) < 4.78 is 11.5.